The van der Waals surface area contributed by atoms with Crippen LogP contribution in [-0.2, 0) is 0 Å². The van der Waals surface area contributed by atoms with E-state index in [1.807, 2.05) is 12.1 Å². The zero-order chi connectivity index (χ0) is 8.48. The summed E-state index contributed by atoms with van der Waals surface area (Å²) in [7, 11) is -3.31. The molecular formula is C6H7ISi. The Morgan fingerprint density at radius 1 is 1.38 bits per heavy atom. The maximum Gasteiger partial charge on any atom is 0.0384 e. The summed E-state index contributed by atoms with van der Waals surface area (Å²) >= 11 is 2.16. The summed E-state index contributed by atoms with van der Waals surface area (Å²) in [6.07, 6.45) is 0. The molecule has 0 spiro atoms. The topological polar surface area (TPSA) is 0 Å². The van der Waals surface area contributed by atoms with Crippen molar-refractivity contribution in [2.24, 2.45) is 0 Å². The third kappa shape index (κ3) is 1.59. The van der Waals surface area contributed by atoms with Gasteiger partial charge in [0.1, 0.15) is 0 Å². The molecule has 0 atom stereocenters. The number of rotatable bonds is 1. The van der Waals surface area contributed by atoms with Crippen LogP contribution in [-0.4, -0.2) is 13.7 Å². The average Bonchev–Trinajstić information content (AvgIpc) is 1.86. The van der Waals surface area contributed by atoms with E-state index in [9.17, 15) is 0 Å². The minimum atomic E-state index is -3.31. The number of benzene rings is 1. The van der Waals surface area contributed by atoms with Gasteiger partial charge in [0.2, 0.25) is 0 Å². The molecule has 0 aliphatic carbocycles. The van der Waals surface area contributed by atoms with Crippen molar-refractivity contribution in [1.29, 1.82) is 3.70 Å². The Kier molecular flexibility index (Phi) is 1.11. The second kappa shape index (κ2) is 2.64. The van der Waals surface area contributed by atoms with Crippen LogP contribution in [0.3, 0.4) is 0 Å². The van der Waals surface area contributed by atoms with Crippen LogP contribution < -0.4 is 5.19 Å². The normalized spacial score (nSPS) is 16.4. The molecule has 1 aromatic rings. The molecule has 8 heavy (non-hydrogen) atoms. The molecule has 0 N–H and O–H groups in total. The average molecular weight is 240 g/mol. The van der Waals surface area contributed by atoms with Gasteiger partial charge in [-0.15, -0.1) is 0 Å². The SMILES string of the molecule is [3H][Si]([3H])([3H])c1ccc(I)cc1. The van der Waals surface area contributed by atoms with E-state index < -0.39 is 10.0 Å². The van der Waals surface area contributed by atoms with Crippen LogP contribution >= 0.6 is 22.6 Å². The fraction of sp³-hybridized carbons (Fsp3) is 0. The molecule has 0 aliphatic heterocycles. The quantitative estimate of drug-likeness (QED) is 0.488. The van der Waals surface area contributed by atoms with Gasteiger partial charge in [-0.25, -0.2) is 0 Å². The molecule has 1 rings (SSSR count). The van der Waals surface area contributed by atoms with Crippen LogP contribution in [0, 0.1) is 3.57 Å². The zero-order valence-corrected chi connectivity index (χ0v) is 7.34. The summed E-state index contributed by atoms with van der Waals surface area (Å²) in [5.74, 6) is 0. The molecule has 1 aromatic carbocycles. The highest BCUT2D eigenvalue weighted by molar-refractivity contribution is 14.1. The fourth-order valence-electron chi connectivity index (χ4n) is 0.450. The van der Waals surface area contributed by atoms with Gasteiger partial charge in [0.25, 0.3) is 0 Å². The lowest BCUT2D eigenvalue weighted by Crippen LogP contribution is -1.98. The lowest BCUT2D eigenvalue weighted by molar-refractivity contribution is 1.69. The van der Waals surface area contributed by atoms with E-state index in [1.54, 1.807) is 12.1 Å². The van der Waals surface area contributed by atoms with E-state index >= 15 is 0 Å². The highest BCUT2D eigenvalue weighted by atomic mass is 127. The second-order valence-corrected chi connectivity index (χ2v) is 3.33. The lowest BCUT2D eigenvalue weighted by Gasteiger charge is -1.88. The van der Waals surface area contributed by atoms with Crippen LogP contribution in [0.2, 0.25) is 0 Å². The summed E-state index contributed by atoms with van der Waals surface area (Å²) < 4.78 is 22.7. The number of hydrogen-bond acceptors (Lipinski definition) is 0. The lowest BCUT2D eigenvalue weighted by atomic mass is 10.4. The smallest absolute Gasteiger partial charge is 0.0384 e. The van der Waals surface area contributed by atoms with Gasteiger partial charge in [-0.3, -0.25) is 0 Å². The highest BCUT2D eigenvalue weighted by Crippen LogP contribution is 1.98. The molecule has 0 bridgehead atoms. The Hall–Kier alpha value is 0.167. The minimum absolute atomic E-state index is 0.540. The summed E-state index contributed by atoms with van der Waals surface area (Å²) in [6.45, 7) is 0. The van der Waals surface area contributed by atoms with E-state index in [0.29, 0.717) is 5.19 Å². The summed E-state index contributed by atoms with van der Waals surface area (Å²) in [5.41, 5.74) is 0. The van der Waals surface area contributed by atoms with Gasteiger partial charge in [-0.2, -0.15) is 0 Å². The Balaban J connectivity index is 2.99. The van der Waals surface area contributed by atoms with E-state index in [2.05, 4.69) is 22.6 Å². The second-order valence-electron chi connectivity index (χ2n) is 1.51. The van der Waals surface area contributed by atoms with Gasteiger partial charge in [0.15, 0.2) is 0 Å². The summed E-state index contributed by atoms with van der Waals surface area (Å²) in [4.78, 5) is 0. The predicted octanol–water partition coefficient (Wildman–Crippen LogP) is 0.282. The first-order valence-electron chi connectivity index (χ1n) is 3.76. The molecule has 0 radical (unpaired) electrons. The minimum Gasteiger partial charge on any atom is -0.0707 e. The van der Waals surface area contributed by atoms with E-state index in [1.165, 1.54) is 0 Å². The first-order valence-corrected chi connectivity index (χ1v) is 3.84. The van der Waals surface area contributed by atoms with Gasteiger partial charge in [-0.05, 0) is 34.7 Å². The molecule has 0 heterocycles. The van der Waals surface area contributed by atoms with Crippen LogP contribution in [0.15, 0.2) is 24.3 Å². The summed E-state index contributed by atoms with van der Waals surface area (Å²) in [5, 5.41) is 0.540. The van der Waals surface area contributed by atoms with Crippen molar-refractivity contribution in [3.05, 3.63) is 27.8 Å². The molecule has 2 heteroatoms. The van der Waals surface area contributed by atoms with Crippen molar-refractivity contribution in [3.63, 3.8) is 0 Å². The van der Waals surface area contributed by atoms with Crippen molar-refractivity contribution < 1.29 is 0 Å². The van der Waals surface area contributed by atoms with Crippen molar-refractivity contribution in [2.75, 3.05) is 0 Å². The van der Waals surface area contributed by atoms with Gasteiger partial charge in [-0.1, -0.05) is 17.3 Å². The Morgan fingerprint density at radius 2 is 2.00 bits per heavy atom. The van der Waals surface area contributed by atoms with Crippen molar-refractivity contribution >= 4 is 37.8 Å². The fourth-order valence-corrected chi connectivity index (χ4v) is 0.976. The molecule has 0 amide bonds. The monoisotopic (exact) mass is 240 g/mol. The van der Waals surface area contributed by atoms with E-state index in [-0.39, 0.29) is 0 Å². The van der Waals surface area contributed by atoms with Crippen LogP contribution in [0.1, 0.15) is 0 Å². The Labute approximate surface area is 69.5 Å². The van der Waals surface area contributed by atoms with Crippen LogP contribution in [0.5, 0.6) is 0 Å². The zero-order valence-electron chi connectivity index (χ0n) is 7.19. The highest BCUT2D eigenvalue weighted by Gasteiger charge is 1.81. The molecule has 0 unspecified atom stereocenters. The molecule has 0 saturated heterocycles. The van der Waals surface area contributed by atoms with Gasteiger partial charge in [0, 0.05) is 17.3 Å². The molecular weight excluding hydrogens is 227 g/mol. The third-order valence-corrected chi connectivity index (χ3v) is 1.90. The van der Waals surface area contributed by atoms with Crippen LogP contribution in [0.4, 0.5) is 0 Å². The molecule has 0 aliphatic rings. The van der Waals surface area contributed by atoms with Gasteiger partial charge in [0.05, 0.1) is 0 Å². The van der Waals surface area contributed by atoms with Gasteiger partial charge < -0.3 is 0 Å². The third-order valence-electron chi connectivity index (χ3n) is 0.844. The van der Waals surface area contributed by atoms with E-state index in [0.717, 1.165) is 3.57 Å². The standard InChI is InChI=1S/C6H7ISi/c7-5-1-3-6(8)4-2-5/h1-4H,8H3/i8T3. The van der Waals surface area contributed by atoms with Crippen LogP contribution in [0.25, 0.3) is 0 Å². The number of hydrogen-bond donors (Lipinski definition) is 0. The maximum absolute atomic E-state index is 7.21. The molecule has 0 aromatic heterocycles. The van der Waals surface area contributed by atoms with Crippen molar-refractivity contribution in [3.8, 4) is 0 Å². The van der Waals surface area contributed by atoms with Gasteiger partial charge >= 0.3 is 0 Å². The predicted molar refractivity (Wildman–Crippen MR) is 48.7 cm³/mol. The first kappa shape index (κ1) is 3.36. The van der Waals surface area contributed by atoms with Crippen molar-refractivity contribution in [1.82, 2.24) is 0 Å². The largest absolute Gasteiger partial charge is 0.0707 e. The first-order chi connectivity index (χ1) is 5.00. The molecule has 0 saturated carbocycles. The van der Waals surface area contributed by atoms with Crippen molar-refractivity contribution in [2.45, 2.75) is 0 Å². The molecule has 0 fully saturated rings. The maximum atomic E-state index is 7.21. The Bertz CT molecular complexity index is 241. The number of halogens is 1. The Morgan fingerprint density at radius 3 is 2.50 bits per heavy atom. The molecule has 0 nitrogen and oxygen atoms in total. The summed E-state index contributed by atoms with van der Waals surface area (Å²) in [6, 6.07) is 7.05. The molecule has 42 valence electrons. The van der Waals surface area contributed by atoms with E-state index in [4.69, 9.17) is 3.70 Å².